The van der Waals surface area contributed by atoms with Gasteiger partial charge >= 0.3 is 0 Å². The topological polar surface area (TPSA) is 45.0 Å². The molecule has 3 heteroatoms. The standard InChI is InChI=1S/C19H21N3/c1-13-18(17-4-2-3-5-19(17)21-13)12-22-9-8-14-10-16(20)7-6-15(14)11-22/h2-7,10,21H,8-9,11-12,20H2,1H3. The molecule has 0 fully saturated rings. The fourth-order valence-corrected chi connectivity index (χ4v) is 3.53. The molecule has 0 aliphatic carbocycles. The third kappa shape index (κ3) is 2.28. The highest BCUT2D eigenvalue weighted by Crippen LogP contribution is 2.27. The van der Waals surface area contributed by atoms with Crippen molar-refractivity contribution in [2.45, 2.75) is 26.4 Å². The lowest BCUT2D eigenvalue weighted by atomic mass is 9.98. The number of para-hydroxylation sites is 1. The maximum Gasteiger partial charge on any atom is 0.0459 e. The highest BCUT2D eigenvalue weighted by molar-refractivity contribution is 5.84. The number of nitrogen functional groups attached to an aromatic ring is 1. The van der Waals surface area contributed by atoms with Crippen LogP contribution in [0.5, 0.6) is 0 Å². The summed E-state index contributed by atoms with van der Waals surface area (Å²) in [6.45, 7) is 5.28. The lowest BCUT2D eigenvalue weighted by Gasteiger charge is -2.29. The van der Waals surface area contributed by atoms with Crippen LogP contribution >= 0.6 is 0 Å². The van der Waals surface area contributed by atoms with Gasteiger partial charge in [-0.2, -0.15) is 0 Å². The molecule has 0 bridgehead atoms. The maximum absolute atomic E-state index is 5.89. The summed E-state index contributed by atoms with van der Waals surface area (Å²) in [7, 11) is 0. The predicted octanol–water partition coefficient (Wildman–Crippen LogP) is 3.62. The lowest BCUT2D eigenvalue weighted by Crippen LogP contribution is -2.30. The van der Waals surface area contributed by atoms with Gasteiger partial charge in [-0.05, 0) is 48.2 Å². The van der Waals surface area contributed by atoms with E-state index in [0.29, 0.717) is 0 Å². The zero-order chi connectivity index (χ0) is 15.1. The normalized spacial score (nSPS) is 15.1. The van der Waals surface area contributed by atoms with Crippen LogP contribution in [0.25, 0.3) is 10.9 Å². The van der Waals surface area contributed by atoms with Crippen molar-refractivity contribution >= 4 is 16.6 Å². The van der Waals surface area contributed by atoms with Crippen LogP contribution in [0.4, 0.5) is 5.69 Å². The second-order valence-corrected chi connectivity index (χ2v) is 6.26. The number of hydrogen-bond donors (Lipinski definition) is 2. The molecule has 0 amide bonds. The Kier molecular flexibility index (Phi) is 3.16. The number of fused-ring (bicyclic) bond motifs is 2. The van der Waals surface area contributed by atoms with Crippen molar-refractivity contribution in [2.24, 2.45) is 0 Å². The number of aryl methyl sites for hydroxylation is 1. The summed E-state index contributed by atoms with van der Waals surface area (Å²) in [6, 6.07) is 14.9. The molecule has 1 aromatic heterocycles. The largest absolute Gasteiger partial charge is 0.399 e. The van der Waals surface area contributed by atoms with Gasteiger partial charge in [0, 0.05) is 41.9 Å². The van der Waals surface area contributed by atoms with Gasteiger partial charge in [0.15, 0.2) is 0 Å². The molecule has 112 valence electrons. The molecule has 22 heavy (non-hydrogen) atoms. The zero-order valence-electron chi connectivity index (χ0n) is 12.9. The molecule has 1 aliphatic heterocycles. The molecular formula is C19H21N3. The summed E-state index contributed by atoms with van der Waals surface area (Å²) >= 11 is 0. The molecule has 0 spiro atoms. The first-order valence-corrected chi connectivity index (χ1v) is 7.86. The first kappa shape index (κ1) is 13.4. The lowest BCUT2D eigenvalue weighted by molar-refractivity contribution is 0.246. The van der Waals surface area contributed by atoms with Crippen LogP contribution in [-0.4, -0.2) is 16.4 Å². The zero-order valence-corrected chi connectivity index (χ0v) is 12.9. The molecule has 3 aromatic rings. The fourth-order valence-electron chi connectivity index (χ4n) is 3.53. The van der Waals surface area contributed by atoms with Gasteiger partial charge in [0.1, 0.15) is 0 Å². The first-order valence-electron chi connectivity index (χ1n) is 7.86. The molecule has 3 N–H and O–H groups in total. The minimum Gasteiger partial charge on any atom is -0.399 e. The van der Waals surface area contributed by atoms with Crippen LogP contribution in [-0.2, 0) is 19.5 Å². The highest BCUT2D eigenvalue weighted by atomic mass is 15.1. The second-order valence-electron chi connectivity index (χ2n) is 6.26. The van der Waals surface area contributed by atoms with Gasteiger partial charge in [-0.3, -0.25) is 4.90 Å². The predicted molar refractivity (Wildman–Crippen MR) is 91.7 cm³/mol. The van der Waals surface area contributed by atoms with Crippen LogP contribution in [0.3, 0.4) is 0 Å². The molecule has 3 nitrogen and oxygen atoms in total. The average Bonchev–Trinajstić information content (AvgIpc) is 2.83. The van der Waals surface area contributed by atoms with E-state index in [2.05, 4.69) is 53.2 Å². The van der Waals surface area contributed by atoms with E-state index < -0.39 is 0 Å². The molecule has 2 aromatic carbocycles. The van der Waals surface area contributed by atoms with Gasteiger partial charge in [-0.1, -0.05) is 24.3 Å². The minimum atomic E-state index is 0.875. The molecule has 2 heterocycles. The Bertz CT molecular complexity index is 832. The number of aromatic nitrogens is 1. The fraction of sp³-hybridized carbons (Fsp3) is 0.263. The van der Waals surface area contributed by atoms with E-state index in [1.54, 1.807) is 0 Å². The van der Waals surface area contributed by atoms with E-state index in [0.717, 1.165) is 31.7 Å². The van der Waals surface area contributed by atoms with E-state index in [4.69, 9.17) is 5.73 Å². The van der Waals surface area contributed by atoms with Crippen molar-refractivity contribution in [3.05, 3.63) is 64.8 Å². The van der Waals surface area contributed by atoms with Crippen molar-refractivity contribution in [3.8, 4) is 0 Å². The molecule has 1 aliphatic rings. The second kappa shape index (κ2) is 5.18. The quantitative estimate of drug-likeness (QED) is 0.708. The van der Waals surface area contributed by atoms with Crippen LogP contribution in [0, 0.1) is 6.92 Å². The smallest absolute Gasteiger partial charge is 0.0459 e. The Morgan fingerprint density at radius 2 is 2.00 bits per heavy atom. The van der Waals surface area contributed by atoms with E-state index in [-0.39, 0.29) is 0 Å². The Balaban J connectivity index is 1.61. The average molecular weight is 291 g/mol. The Morgan fingerprint density at radius 1 is 1.14 bits per heavy atom. The van der Waals surface area contributed by atoms with Crippen LogP contribution < -0.4 is 5.73 Å². The Labute approximate surface area is 130 Å². The monoisotopic (exact) mass is 291 g/mol. The van der Waals surface area contributed by atoms with Gasteiger partial charge in [-0.15, -0.1) is 0 Å². The van der Waals surface area contributed by atoms with E-state index in [9.17, 15) is 0 Å². The number of nitrogens with zero attached hydrogens (tertiary/aromatic N) is 1. The van der Waals surface area contributed by atoms with Gasteiger partial charge in [-0.25, -0.2) is 0 Å². The van der Waals surface area contributed by atoms with Gasteiger partial charge in [0.2, 0.25) is 0 Å². The third-order valence-electron chi connectivity index (χ3n) is 4.73. The third-order valence-corrected chi connectivity index (χ3v) is 4.73. The summed E-state index contributed by atoms with van der Waals surface area (Å²) in [5.74, 6) is 0. The van der Waals surface area contributed by atoms with Crippen molar-refractivity contribution in [1.29, 1.82) is 0 Å². The molecule has 0 atom stereocenters. The van der Waals surface area contributed by atoms with Gasteiger partial charge in [0.05, 0.1) is 0 Å². The van der Waals surface area contributed by atoms with E-state index in [1.165, 1.54) is 33.3 Å². The van der Waals surface area contributed by atoms with Gasteiger partial charge in [0.25, 0.3) is 0 Å². The van der Waals surface area contributed by atoms with Crippen molar-refractivity contribution in [1.82, 2.24) is 9.88 Å². The molecule has 0 radical (unpaired) electrons. The number of H-pyrrole nitrogens is 1. The van der Waals surface area contributed by atoms with E-state index >= 15 is 0 Å². The van der Waals surface area contributed by atoms with Gasteiger partial charge < -0.3 is 10.7 Å². The van der Waals surface area contributed by atoms with E-state index in [1.807, 2.05) is 6.07 Å². The SMILES string of the molecule is Cc1[nH]c2ccccc2c1CN1CCc2cc(N)ccc2C1. The van der Waals surface area contributed by atoms with Crippen molar-refractivity contribution in [2.75, 3.05) is 12.3 Å². The summed E-state index contributed by atoms with van der Waals surface area (Å²) < 4.78 is 0. The number of hydrogen-bond acceptors (Lipinski definition) is 2. The van der Waals surface area contributed by atoms with Crippen LogP contribution in [0.2, 0.25) is 0 Å². The van der Waals surface area contributed by atoms with Crippen molar-refractivity contribution in [3.63, 3.8) is 0 Å². The van der Waals surface area contributed by atoms with Crippen molar-refractivity contribution < 1.29 is 0 Å². The summed E-state index contributed by atoms with van der Waals surface area (Å²) in [5, 5.41) is 1.35. The molecule has 0 saturated carbocycles. The summed E-state index contributed by atoms with van der Waals surface area (Å²) in [5.41, 5.74) is 13.5. The molecular weight excluding hydrogens is 270 g/mol. The Morgan fingerprint density at radius 3 is 2.91 bits per heavy atom. The molecule has 0 saturated heterocycles. The maximum atomic E-state index is 5.89. The number of nitrogens with two attached hydrogens (primary N) is 1. The number of rotatable bonds is 2. The number of benzene rings is 2. The number of aromatic amines is 1. The molecule has 0 unspecified atom stereocenters. The minimum absolute atomic E-state index is 0.875. The number of nitrogens with one attached hydrogen (secondary N) is 1. The summed E-state index contributed by atoms with van der Waals surface area (Å²) in [6.07, 6.45) is 1.09. The highest BCUT2D eigenvalue weighted by Gasteiger charge is 2.18. The molecule has 4 rings (SSSR count). The first-order chi connectivity index (χ1) is 10.7. The van der Waals surface area contributed by atoms with Crippen LogP contribution in [0.15, 0.2) is 42.5 Å². The number of anilines is 1. The Hall–Kier alpha value is -2.26. The van der Waals surface area contributed by atoms with Crippen LogP contribution in [0.1, 0.15) is 22.4 Å². The summed E-state index contributed by atoms with van der Waals surface area (Å²) in [4.78, 5) is 6.03.